The standard InChI is InChI=1S/C10H20O2S/c1-3-4-5-6-9(2)12-10(11)7-8-13/h9,13H,3-8H2,1-2H3. The van der Waals surface area contributed by atoms with Crippen LogP contribution in [0, 0.1) is 0 Å². The summed E-state index contributed by atoms with van der Waals surface area (Å²) in [7, 11) is 0. The fourth-order valence-electron chi connectivity index (χ4n) is 1.12. The van der Waals surface area contributed by atoms with E-state index in [1.807, 2.05) is 6.92 Å². The highest BCUT2D eigenvalue weighted by molar-refractivity contribution is 7.80. The van der Waals surface area contributed by atoms with Crippen molar-refractivity contribution in [2.75, 3.05) is 5.75 Å². The number of unbranched alkanes of at least 4 members (excludes halogenated alkanes) is 2. The van der Waals surface area contributed by atoms with Crippen LogP contribution in [0.5, 0.6) is 0 Å². The quantitative estimate of drug-likeness (QED) is 0.392. The molecular weight excluding hydrogens is 184 g/mol. The van der Waals surface area contributed by atoms with Gasteiger partial charge in [-0.3, -0.25) is 4.79 Å². The fraction of sp³-hybridized carbons (Fsp3) is 0.900. The SMILES string of the molecule is CCCCCC(C)OC(=O)CCS. The second-order valence-electron chi connectivity index (χ2n) is 3.27. The highest BCUT2D eigenvalue weighted by atomic mass is 32.1. The Kier molecular flexibility index (Phi) is 8.30. The van der Waals surface area contributed by atoms with Gasteiger partial charge in [0.2, 0.25) is 0 Å². The number of esters is 1. The molecule has 0 aliphatic rings. The van der Waals surface area contributed by atoms with Gasteiger partial charge >= 0.3 is 5.97 Å². The van der Waals surface area contributed by atoms with Gasteiger partial charge in [0.15, 0.2) is 0 Å². The van der Waals surface area contributed by atoms with Crippen molar-refractivity contribution in [3.63, 3.8) is 0 Å². The molecule has 0 spiro atoms. The van der Waals surface area contributed by atoms with Crippen LogP contribution in [0.1, 0.15) is 46.0 Å². The number of ether oxygens (including phenoxy) is 1. The van der Waals surface area contributed by atoms with Crippen LogP contribution in [0.15, 0.2) is 0 Å². The molecule has 0 radical (unpaired) electrons. The van der Waals surface area contributed by atoms with E-state index in [1.54, 1.807) is 0 Å². The third kappa shape index (κ3) is 8.16. The summed E-state index contributed by atoms with van der Waals surface area (Å²) >= 11 is 3.97. The Bertz CT molecular complexity index is 137. The summed E-state index contributed by atoms with van der Waals surface area (Å²) in [6.45, 7) is 4.11. The molecule has 1 atom stereocenters. The van der Waals surface area contributed by atoms with Crippen LogP contribution in [-0.2, 0) is 9.53 Å². The molecule has 0 aliphatic carbocycles. The van der Waals surface area contributed by atoms with Gasteiger partial charge in [-0.2, -0.15) is 12.6 Å². The molecule has 0 aliphatic heterocycles. The lowest BCUT2D eigenvalue weighted by atomic mass is 10.1. The topological polar surface area (TPSA) is 26.3 Å². The molecule has 0 rings (SSSR count). The van der Waals surface area contributed by atoms with E-state index in [2.05, 4.69) is 19.6 Å². The van der Waals surface area contributed by atoms with Crippen molar-refractivity contribution in [3.8, 4) is 0 Å². The summed E-state index contributed by atoms with van der Waals surface area (Å²) in [6, 6.07) is 0. The first-order valence-corrected chi connectivity index (χ1v) is 5.64. The molecule has 0 aromatic rings. The van der Waals surface area contributed by atoms with Crippen molar-refractivity contribution in [2.24, 2.45) is 0 Å². The Morgan fingerprint density at radius 3 is 2.69 bits per heavy atom. The van der Waals surface area contributed by atoms with Gasteiger partial charge in [-0.05, 0) is 19.8 Å². The molecule has 0 aromatic heterocycles. The maximum absolute atomic E-state index is 11.0. The molecule has 0 saturated carbocycles. The molecule has 2 nitrogen and oxygen atoms in total. The molecule has 3 heteroatoms. The zero-order valence-corrected chi connectivity index (χ0v) is 9.48. The number of hydrogen-bond donors (Lipinski definition) is 1. The molecule has 0 aromatic carbocycles. The van der Waals surface area contributed by atoms with Crippen LogP contribution in [0.25, 0.3) is 0 Å². The fourth-order valence-corrected chi connectivity index (χ4v) is 1.30. The van der Waals surface area contributed by atoms with Crippen LogP contribution in [0.3, 0.4) is 0 Å². The molecule has 1 unspecified atom stereocenters. The first-order chi connectivity index (χ1) is 6.20. The lowest BCUT2D eigenvalue weighted by Crippen LogP contribution is -2.14. The van der Waals surface area contributed by atoms with Crippen molar-refractivity contribution in [2.45, 2.75) is 52.1 Å². The van der Waals surface area contributed by atoms with Gasteiger partial charge in [-0.15, -0.1) is 0 Å². The van der Waals surface area contributed by atoms with Crippen molar-refractivity contribution in [1.82, 2.24) is 0 Å². The van der Waals surface area contributed by atoms with Crippen molar-refractivity contribution in [1.29, 1.82) is 0 Å². The predicted octanol–water partition coefficient (Wildman–Crippen LogP) is 2.82. The van der Waals surface area contributed by atoms with Crippen LogP contribution < -0.4 is 0 Å². The molecule has 0 N–H and O–H groups in total. The minimum absolute atomic E-state index is 0.0685. The van der Waals surface area contributed by atoms with Crippen LogP contribution in [0.4, 0.5) is 0 Å². The Hall–Kier alpha value is -0.180. The van der Waals surface area contributed by atoms with E-state index in [0.29, 0.717) is 12.2 Å². The summed E-state index contributed by atoms with van der Waals surface area (Å²) < 4.78 is 5.15. The van der Waals surface area contributed by atoms with Gasteiger partial charge in [-0.1, -0.05) is 19.8 Å². The van der Waals surface area contributed by atoms with Gasteiger partial charge in [0.05, 0.1) is 12.5 Å². The second kappa shape index (κ2) is 8.42. The van der Waals surface area contributed by atoms with E-state index in [0.717, 1.165) is 12.8 Å². The lowest BCUT2D eigenvalue weighted by molar-refractivity contribution is -0.148. The van der Waals surface area contributed by atoms with Gasteiger partial charge in [0.25, 0.3) is 0 Å². The molecule has 13 heavy (non-hydrogen) atoms. The Morgan fingerprint density at radius 2 is 2.15 bits per heavy atom. The van der Waals surface area contributed by atoms with E-state index in [4.69, 9.17) is 4.74 Å². The molecule has 78 valence electrons. The van der Waals surface area contributed by atoms with E-state index >= 15 is 0 Å². The largest absolute Gasteiger partial charge is 0.463 e. The Labute approximate surface area is 86.5 Å². The van der Waals surface area contributed by atoms with Crippen LogP contribution in [0.2, 0.25) is 0 Å². The first kappa shape index (κ1) is 12.8. The summed E-state index contributed by atoms with van der Waals surface area (Å²) in [5.41, 5.74) is 0. The minimum atomic E-state index is -0.126. The first-order valence-electron chi connectivity index (χ1n) is 5.01. The molecule has 0 heterocycles. The van der Waals surface area contributed by atoms with E-state index in [9.17, 15) is 4.79 Å². The van der Waals surface area contributed by atoms with Crippen molar-refractivity contribution < 1.29 is 9.53 Å². The third-order valence-electron chi connectivity index (χ3n) is 1.86. The van der Waals surface area contributed by atoms with Gasteiger partial charge in [0.1, 0.15) is 0 Å². The average Bonchev–Trinajstić information content (AvgIpc) is 2.05. The minimum Gasteiger partial charge on any atom is -0.463 e. The van der Waals surface area contributed by atoms with Crippen LogP contribution in [-0.4, -0.2) is 17.8 Å². The zero-order chi connectivity index (χ0) is 10.1. The summed E-state index contributed by atoms with van der Waals surface area (Å²) in [4.78, 5) is 11.0. The maximum Gasteiger partial charge on any atom is 0.306 e. The maximum atomic E-state index is 11.0. The molecule has 0 bridgehead atoms. The molecule has 0 fully saturated rings. The number of hydrogen-bond acceptors (Lipinski definition) is 3. The number of rotatable bonds is 7. The summed E-state index contributed by atoms with van der Waals surface area (Å²) in [5, 5.41) is 0. The number of carbonyl (C=O) groups is 1. The Balaban J connectivity index is 3.38. The Morgan fingerprint density at radius 1 is 1.46 bits per heavy atom. The normalized spacial score (nSPS) is 12.5. The van der Waals surface area contributed by atoms with E-state index in [1.165, 1.54) is 12.8 Å². The smallest absolute Gasteiger partial charge is 0.306 e. The average molecular weight is 204 g/mol. The summed E-state index contributed by atoms with van der Waals surface area (Å²) in [6.07, 6.45) is 5.03. The molecular formula is C10H20O2S. The van der Waals surface area contributed by atoms with Crippen LogP contribution >= 0.6 is 12.6 Å². The van der Waals surface area contributed by atoms with Gasteiger partial charge < -0.3 is 4.74 Å². The summed E-state index contributed by atoms with van der Waals surface area (Å²) in [5.74, 6) is 0.444. The molecule has 0 amide bonds. The predicted molar refractivity (Wildman–Crippen MR) is 58.2 cm³/mol. The van der Waals surface area contributed by atoms with E-state index < -0.39 is 0 Å². The second-order valence-corrected chi connectivity index (χ2v) is 3.72. The monoisotopic (exact) mass is 204 g/mol. The highest BCUT2D eigenvalue weighted by Crippen LogP contribution is 2.07. The van der Waals surface area contributed by atoms with E-state index in [-0.39, 0.29) is 12.1 Å². The zero-order valence-electron chi connectivity index (χ0n) is 8.58. The van der Waals surface area contributed by atoms with Crippen molar-refractivity contribution >= 4 is 18.6 Å². The lowest BCUT2D eigenvalue weighted by Gasteiger charge is -2.12. The third-order valence-corrected chi connectivity index (χ3v) is 2.09. The van der Waals surface area contributed by atoms with Gasteiger partial charge in [-0.25, -0.2) is 0 Å². The van der Waals surface area contributed by atoms with Crippen molar-refractivity contribution in [3.05, 3.63) is 0 Å². The molecule has 0 saturated heterocycles. The number of thiol groups is 1. The van der Waals surface area contributed by atoms with Gasteiger partial charge in [0, 0.05) is 5.75 Å². The highest BCUT2D eigenvalue weighted by Gasteiger charge is 2.07. The number of carbonyl (C=O) groups excluding carboxylic acids is 1.